The number of rotatable bonds is 5. The van der Waals surface area contributed by atoms with Gasteiger partial charge in [0.1, 0.15) is 5.75 Å². The zero-order valence-electron chi connectivity index (χ0n) is 13.6. The number of methoxy groups -OCH3 is 2. The molecule has 1 fully saturated rings. The van der Waals surface area contributed by atoms with Gasteiger partial charge in [-0.05, 0) is 37.5 Å². The van der Waals surface area contributed by atoms with Crippen molar-refractivity contribution in [3.63, 3.8) is 0 Å². The third-order valence-electron chi connectivity index (χ3n) is 4.46. The molecular weight excluding hydrogens is 300 g/mol. The summed E-state index contributed by atoms with van der Waals surface area (Å²) in [5, 5.41) is 12.3. The molecule has 7 nitrogen and oxygen atoms in total. The quantitative estimate of drug-likeness (QED) is 0.808. The van der Waals surface area contributed by atoms with E-state index in [4.69, 9.17) is 4.74 Å². The summed E-state index contributed by atoms with van der Waals surface area (Å²) in [6.07, 6.45) is 2.56. The molecule has 1 aromatic carbocycles. The van der Waals surface area contributed by atoms with Gasteiger partial charge in [0.15, 0.2) is 0 Å². The molecule has 2 rings (SSSR count). The molecule has 7 heteroatoms. The van der Waals surface area contributed by atoms with Gasteiger partial charge >= 0.3 is 12.0 Å². The highest BCUT2D eigenvalue weighted by atomic mass is 16.5. The molecule has 1 aromatic rings. The number of nitrogens with zero attached hydrogens (tertiary/aromatic N) is 1. The Balaban J connectivity index is 2.16. The summed E-state index contributed by atoms with van der Waals surface area (Å²) in [5.41, 5.74) is 0.300. The molecule has 0 bridgehead atoms. The first-order valence-electron chi connectivity index (χ1n) is 7.39. The van der Waals surface area contributed by atoms with Gasteiger partial charge in [-0.3, -0.25) is 0 Å². The molecule has 0 spiro atoms. The van der Waals surface area contributed by atoms with E-state index in [1.54, 1.807) is 19.2 Å². The van der Waals surface area contributed by atoms with Crippen molar-refractivity contribution in [2.24, 2.45) is 0 Å². The average Bonchev–Trinajstić information content (AvgIpc) is 2.53. The zero-order chi connectivity index (χ0) is 17.0. The van der Waals surface area contributed by atoms with E-state index in [0.29, 0.717) is 17.0 Å². The molecule has 0 heterocycles. The number of anilines is 1. The van der Waals surface area contributed by atoms with Crippen molar-refractivity contribution in [3.8, 4) is 5.75 Å². The van der Waals surface area contributed by atoms with Crippen LogP contribution >= 0.6 is 0 Å². The lowest BCUT2D eigenvalue weighted by atomic mass is 9.76. The van der Waals surface area contributed by atoms with Crippen LogP contribution in [0.5, 0.6) is 5.75 Å². The number of ether oxygens (including phenoxy) is 2. The maximum absolute atomic E-state index is 12.4. The number of likely N-dealkylation sites (N-methyl/N-ethyl adjacent to an activating group) is 1. The second-order valence-corrected chi connectivity index (χ2v) is 5.63. The van der Waals surface area contributed by atoms with Crippen LogP contribution in [0.3, 0.4) is 0 Å². The summed E-state index contributed by atoms with van der Waals surface area (Å²) in [4.78, 5) is 25.5. The summed E-state index contributed by atoms with van der Waals surface area (Å²) >= 11 is 0. The molecule has 0 saturated heterocycles. The van der Waals surface area contributed by atoms with Gasteiger partial charge in [-0.2, -0.15) is 0 Å². The van der Waals surface area contributed by atoms with E-state index in [2.05, 4.69) is 10.1 Å². The summed E-state index contributed by atoms with van der Waals surface area (Å²) in [6, 6.07) is 4.31. The lowest BCUT2D eigenvalue weighted by molar-refractivity contribution is 0.0153. The maximum atomic E-state index is 12.4. The number of nitrogens with one attached hydrogen (secondary N) is 1. The fourth-order valence-electron chi connectivity index (χ4n) is 2.64. The largest absolute Gasteiger partial charge is 0.495 e. The molecule has 2 amide bonds. The minimum Gasteiger partial charge on any atom is -0.495 e. The molecule has 0 aromatic heterocycles. The lowest BCUT2D eigenvalue weighted by Crippen LogP contribution is -2.57. The van der Waals surface area contributed by atoms with Crippen LogP contribution in [-0.2, 0) is 4.74 Å². The van der Waals surface area contributed by atoms with Crippen LogP contribution < -0.4 is 10.1 Å². The van der Waals surface area contributed by atoms with Crippen molar-refractivity contribution in [1.82, 2.24) is 4.90 Å². The third kappa shape index (κ3) is 3.24. The fourth-order valence-corrected chi connectivity index (χ4v) is 2.64. The Kier molecular flexibility index (Phi) is 5.10. The molecule has 0 unspecified atom stereocenters. The highest BCUT2D eigenvalue weighted by Gasteiger charge is 2.42. The number of benzene rings is 1. The van der Waals surface area contributed by atoms with E-state index in [1.165, 1.54) is 25.2 Å². The van der Waals surface area contributed by atoms with Gasteiger partial charge in [-0.15, -0.1) is 0 Å². The molecule has 1 aliphatic carbocycles. The number of amides is 2. The normalized spacial score (nSPS) is 15.3. The van der Waals surface area contributed by atoms with Crippen molar-refractivity contribution >= 4 is 17.7 Å². The Morgan fingerprint density at radius 2 is 2.04 bits per heavy atom. The first-order valence-corrected chi connectivity index (χ1v) is 7.39. The predicted octanol–water partition coefficient (Wildman–Crippen LogP) is 1.86. The van der Waals surface area contributed by atoms with Crippen molar-refractivity contribution in [1.29, 1.82) is 0 Å². The second-order valence-electron chi connectivity index (χ2n) is 5.63. The Morgan fingerprint density at radius 3 is 2.52 bits per heavy atom. The molecule has 2 N–H and O–H groups in total. The monoisotopic (exact) mass is 322 g/mol. The van der Waals surface area contributed by atoms with E-state index in [9.17, 15) is 14.7 Å². The van der Waals surface area contributed by atoms with Gasteiger partial charge in [0.05, 0.1) is 37.6 Å². The zero-order valence-corrected chi connectivity index (χ0v) is 13.6. The smallest absolute Gasteiger partial charge is 0.337 e. The highest BCUT2D eigenvalue weighted by molar-refractivity contribution is 5.94. The fraction of sp³-hybridized carbons (Fsp3) is 0.500. The predicted molar refractivity (Wildman–Crippen MR) is 84.8 cm³/mol. The maximum Gasteiger partial charge on any atom is 0.337 e. The van der Waals surface area contributed by atoms with Gasteiger partial charge in [-0.1, -0.05) is 0 Å². The van der Waals surface area contributed by atoms with E-state index < -0.39 is 11.5 Å². The van der Waals surface area contributed by atoms with Crippen molar-refractivity contribution in [3.05, 3.63) is 23.8 Å². The SMILES string of the molecule is COC(=O)c1ccc(NC(=O)N(C)C2(CO)CCC2)c(OC)c1. The Hall–Kier alpha value is -2.28. The first-order chi connectivity index (χ1) is 11.0. The van der Waals surface area contributed by atoms with Gasteiger partial charge in [0.2, 0.25) is 0 Å². The van der Waals surface area contributed by atoms with E-state index >= 15 is 0 Å². The highest BCUT2D eigenvalue weighted by Crippen LogP contribution is 2.37. The Bertz CT molecular complexity index is 593. The van der Waals surface area contributed by atoms with E-state index in [0.717, 1.165) is 19.3 Å². The number of urea groups is 1. The van der Waals surface area contributed by atoms with Crippen molar-refractivity contribution in [2.75, 3.05) is 33.2 Å². The number of esters is 1. The van der Waals surface area contributed by atoms with Gasteiger partial charge < -0.3 is 24.8 Å². The van der Waals surface area contributed by atoms with E-state index in [-0.39, 0.29) is 12.6 Å². The molecule has 126 valence electrons. The van der Waals surface area contributed by atoms with Crippen LogP contribution in [0, 0.1) is 0 Å². The topological polar surface area (TPSA) is 88.1 Å². The molecular formula is C16H22N2O5. The van der Waals surface area contributed by atoms with Gasteiger partial charge in [0, 0.05) is 7.05 Å². The third-order valence-corrected chi connectivity index (χ3v) is 4.46. The molecule has 0 aliphatic heterocycles. The van der Waals surface area contributed by atoms with Crippen LogP contribution in [0.2, 0.25) is 0 Å². The lowest BCUT2D eigenvalue weighted by Gasteiger charge is -2.47. The van der Waals surface area contributed by atoms with Crippen LogP contribution in [0.4, 0.5) is 10.5 Å². The summed E-state index contributed by atoms with van der Waals surface area (Å²) in [6.45, 7) is -0.0602. The average molecular weight is 322 g/mol. The minimum absolute atomic E-state index is 0.0602. The standard InChI is InChI=1S/C16H22N2O5/c1-18(16(10-19)7-4-8-16)15(21)17-12-6-5-11(14(20)23-3)9-13(12)22-2/h5-6,9,19H,4,7-8,10H2,1-3H3,(H,17,21). The van der Waals surface area contributed by atoms with Crippen LogP contribution in [-0.4, -0.2) is 55.4 Å². The molecule has 0 radical (unpaired) electrons. The molecule has 1 saturated carbocycles. The second kappa shape index (κ2) is 6.87. The number of aliphatic hydroxyl groups excluding tert-OH is 1. The molecule has 23 heavy (non-hydrogen) atoms. The number of carbonyl (C=O) groups excluding carboxylic acids is 2. The Morgan fingerprint density at radius 1 is 1.35 bits per heavy atom. The number of hydrogen-bond donors (Lipinski definition) is 2. The summed E-state index contributed by atoms with van der Waals surface area (Å²) < 4.78 is 9.88. The Labute approximate surface area is 135 Å². The number of hydrogen-bond acceptors (Lipinski definition) is 5. The van der Waals surface area contributed by atoms with Gasteiger partial charge in [0.25, 0.3) is 0 Å². The van der Waals surface area contributed by atoms with Crippen LogP contribution in [0.1, 0.15) is 29.6 Å². The minimum atomic E-state index is -0.483. The number of carbonyl (C=O) groups is 2. The number of aliphatic hydroxyl groups is 1. The van der Waals surface area contributed by atoms with Crippen LogP contribution in [0.25, 0.3) is 0 Å². The first kappa shape index (κ1) is 17.1. The van der Waals surface area contributed by atoms with Crippen molar-refractivity contribution in [2.45, 2.75) is 24.8 Å². The summed E-state index contributed by atoms with van der Waals surface area (Å²) in [7, 11) is 4.42. The van der Waals surface area contributed by atoms with Crippen molar-refractivity contribution < 1.29 is 24.2 Å². The molecule has 1 aliphatic rings. The van der Waals surface area contributed by atoms with Gasteiger partial charge in [-0.25, -0.2) is 9.59 Å². The molecule has 0 atom stereocenters. The summed E-state index contributed by atoms with van der Waals surface area (Å²) in [5.74, 6) is -0.117. The van der Waals surface area contributed by atoms with Crippen LogP contribution in [0.15, 0.2) is 18.2 Å². The van der Waals surface area contributed by atoms with E-state index in [1.807, 2.05) is 0 Å².